The number of nitrogens with one attached hydrogen (secondary N) is 1. The molecular weight excluding hydrogens is 136 g/mol. The van der Waals surface area contributed by atoms with Crippen molar-refractivity contribution in [2.45, 2.75) is 6.41 Å². The fraction of sp³-hybridized carbons (Fsp3) is 0.800. The second kappa shape index (κ2) is 2.85. The van der Waals surface area contributed by atoms with E-state index >= 15 is 0 Å². The Hall–Kier alpha value is -0.810. The van der Waals surface area contributed by atoms with E-state index in [1.54, 1.807) is 4.90 Å². The fourth-order valence-electron chi connectivity index (χ4n) is 0.509. The number of rotatable bonds is 2. The smallest absolute Gasteiger partial charge is 0.321 e. The largest absolute Gasteiger partial charge is 0.351 e. The summed E-state index contributed by atoms with van der Waals surface area (Å²) in [5.74, 6) is 0. The molecule has 2 amide bonds. The van der Waals surface area contributed by atoms with Crippen molar-refractivity contribution in [1.82, 2.24) is 10.2 Å². The lowest BCUT2D eigenvalue weighted by atomic mass is 10.9. The Morgan fingerprint density at radius 2 is 2.40 bits per heavy atom. The highest BCUT2D eigenvalue weighted by Gasteiger charge is 2.24. The van der Waals surface area contributed by atoms with Crippen LogP contribution >= 0.6 is 0 Å². The summed E-state index contributed by atoms with van der Waals surface area (Å²) < 4.78 is 4.40. The number of aliphatic hydroxyl groups excluding tert-OH is 1. The van der Waals surface area contributed by atoms with Crippen LogP contribution in [0.25, 0.3) is 0 Å². The van der Waals surface area contributed by atoms with Crippen LogP contribution in [-0.4, -0.2) is 42.7 Å². The van der Waals surface area contributed by atoms with Crippen LogP contribution in [0.3, 0.4) is 0 Å². The summed E-state index contributed by atoms with van der Waals surface area (Å²) in [6.07, 6.45) is -1.19. The molecule has 1 atom stereocenters. The van der Waals surface area contributed by atoms with Gasteiger partial charge in [-0.05, 0) is 0 Å². The molecule has 10 heavy (non-hydrogen) atoms. The zero-order valence-corrected chi connectivity index (χ0v) is 5.70. The van der Waals surface area contributed by atoms with Crippen LogP contribution in [0.5, 0.6) is 0 Å². The number of nitrogens with zero attached hydrogens (tertiary/aromatic N) is 1. The first-order valence-corrected chi connectivity index (χ1v) is 3.00. The van der Waals surface area contributed by atoms with Gasteiger partial charge >= 0.3 is 6.03 Å². The van der Waals surface area contributed by atoms with Crippen molar-refractivity contribution < 1.29 is 14.6 Å². The van der Waals surface area contributed by atoms with Crippen LogP contribution in [-0.2, 0) is 4.74 Å². The SMILES string of the molecule is COC(O)NC(=O)N1CC1. The average Bonchev–Trinajstić information content (AvgIpc) is 2.68. The van der Waals surface area contributed by atoms with Gasteiger partial charge in [0.15, 0.2) is 0 Å². The Kier molecular flexibility index (Phi) is 2.08. The van der Waals surface area contributed by atoms with E-state index in [2.05, 4.69) is 10.1 Å². The van der Waals surface area contributed by atoms with E-state index < -0.39 is 6.41 Å². The highest BCUT2D eigenvalue weighted by atomic mass is 16.6. The van der Waals surface area contributed by atoms with Gasteiger partial charge in [-0.25, -0.2) is 4.79 Å². The third-order valence-electron chi connectivity index (χ3n) is 1.20. The molecule has 1 heterocycles. The standard InChI is InChI=1S/C5H10N2O3/c1-10-5(9)6-4(8)7-2-3-7/h5,9H,2-3H2,1H3,(H,6,8). The number of carbonyl (C=O) groups excluding carboxylic acids is 1. The molecule has 5 heteroatoms. The van der Waals surface area contributed by atoms with Gasteiger partial charge < -0.3 is 14.7 Å². The van der Waals surface area contributed by atoms with Crippen LogP contribution in [0.15, 0.2) is 0 Å². The van der Waals surface area contributed by atoms with Crippen LogP contribution in [0.4, 0.5) is 4.79 Å². The molecular formula is C5H10N2O3. The van der Waals surface area contributed by atoms with E-state index in [1.165, 1.54) is 7.11 Å². The molecule has 5 nitrogen and oxygen atoms in total. The van der Waals surface area contributed by atoms with Gasteiger partial charge in [0.1, 0.15) is 0 Å². The fourth-order valence-corrected chi connectivity index (χ4v) is 0.509. The highest BCUT2D eigenvalue weighted by molar-refractivity contribution is 5.76. The first kappa shape index (κ1) is 7.30. The van der Waals surface area contributed by atoms with Gasteiger partial charge in [0, 0.05) is 20.2 Å². The maximum Gasteiger partial charge on any atom is 0.321 e. The zero-order valence-electron chi connectivity index (χ0n) is 5.70. The topological polar surface area (TPSA) is 61.6 Å². The molecule has 58 valence electrons. The lowest BCUT2D eigenvalue weighted by Crippen LogP contribution is -2.38. The molecule has 0 aliphatic carbocycles. The first-order valence-electron chi connectivity index (χ1n) is 3.00. The number of amides is 2. The van der Waals surface area contributed by atoms with E-state index in [0.29, 0.717) is 0 Å². The molecule has 2 N–H and O–H groups in total. The molecule has 0 aromatic carbocycles. The van der Waals surface area contributed by atoms with Gasteiger partial charge in [-0.15, -0.1) is 0 Å². The van der Waals surface area contributed by atoms with Crippen molar-refractivity contribution in [3.63, 3.8) is 0 Å². The number of hydrogen-bond donors (Lipinski definition) is 2. The van der Waals surface area contributed by atoms with E-state index in [0.717, 1.165) is 13.1 Å². The second-order valence-corrected chi connectivity index (χ2v) is 2.02. The van der Waals surface area contributed by atoms with Gasteiger partial charge in [0.25, 0.3) is 0 Å². The third kappa shape index (κ3) is 1.85. The summed E-state index contributed by atoms with van der Waals surface area (Å²) in [6, 6.07) is -0.283. The van der Waals surface area contributed by atoms with Crippen molar-refractivity contribution in [3.05, 3.63) is 0 Å². The summed E-state index contributed by atoms with van der Waals surface area (Å²) in [5, 5.41) is 10.9. The van der Waals surface area contributed by atoms with Crippen molar-refractivity contribution in [1.29, 1.82) is 0 Å². The lowest BCUT2D eigenvalue weighted by Gasteiger charge is -2.09. The minimum absolute atomic E-state index is 0.283. The normalized spacial score (nSPS) is 18.4. The predicted octanol–water partition coefficient (Wildman–Crippen LogP) is -1.07. The molecule has 0 aromatic heterocycles. The minimum atomic E-state index is -1.19. The van der Waals surface area contributed by atoms with Crippen molar-refractivity contribution >= 4 is 6.03 Å². The number of carbonyl (C=O) groups is 1. The van der Waals surface area contributed by atoms with Crippen molar-refractivity contribution in [3.8, 4) is 0 Å². The van der Waals surface area contributed by atoms with Gasteiger partial charge in [-0.2, -0.15) is 0 Å². The van der Waals surface area contributed by atoms with Crippen LogP contribution in [0.1, 0.15) is 0 Å². The van der Waals surface area contributed by atoms with Crippen LogP contribution in [0, 0.1) is 0 Å². The molecule has 1 fully saturated rings. The number of ether oxygens (including phenoxy) is 1. The molecule has 0 radical (unpaired) electrons. The molecule has 0 bridgehead atoms. The van der Waals surface area contributed by atoms with Crippen LogP contribution < -0.4 is 5.32 Å². The number of aliphatic hydroxyl groups is 1. The molecule has 1 aliphatic heterocycles. The summed E-state index contributed by atoms with van der Waals surface area (Å²) in [7, 11) is 1.31. The molecule has 0 aromatic rings. The van der Waals surface area contributed by atoms with E-state index in [1.807, 2.05) is 0 Å². The van der Waals surface area contributed by atoms with Gasteiger partial charge in [0.2, 0.25) is 6.41 Å². The summed E-state index contributed by atoms with van der Waals surface area (Å²) in [4.78, 5) is 12.3. The van der Waals surface area contributed by atoms with Gasteiger partial charge in [0.05, 0.1) is 0 Å². The Balaban J connectivity index is 2.16. The van der Waals surface area contributed by atoms with Gasteiger partial charge in [-0.3, -0.25) is 5.32 Å². The maximum absolute atomic E-state index is 10.7. The monoisotopic (exact) mass is 146 g/mol. The highest BCUT2D eigenvalue weighted by Crippen LogP contribution is 2.02. The molecule has 1 saturated heterocycles. The first-order chi connectivity index (χ1) is 4.74. The molecule has 1 rings (SSSR count). The van der Waals surface area contributed by atoms with E-state index in [-0.39, 0.29) is 6.03 Å². The minimum Gasteiger partial charge on any atom is -0.351 e. The Morgan fingerprint density at radius 1 is 1.80 bits per heavy atom. The molecule has 1 unspecified atom stereocenters. The van der Waals surface area contributed by atoms with E-state index in [9.17, 15) is 4.79 Å². The average molecular weight is 146 g/mol. The quantitative estimate of drug-likeness (QED) is 0.385. The Morgan fingerprint density at radius 3 is 2.80 bits per heavy atom. The second-order valence-electron chi connectivity index (χ2n) is 2.02. The predicted molar refractivity (Wildman–Crippen MR) is 33.1 cm³/mol. The molecule has 1 aliphatic rings. The zero-order chi connectivity index (χ0) is 7.56. The third-order valence-corrected chi connectivity index (χ3v) is 1.20. The Bertz CT molecular complexity index is 135. The molecule has 0 saturated carbocycles. The summed E-state index contributed by atoms with van der Waals surface area (Å²) in [5.41, 5.74) is 0. The van der Waals surface area contributed by atoms with Crippen molar-refractivity contribution in [2.24, 2.45) is 0 Å². The van der Waals surface area contributed by atoms with E-state index in [4.69, 9.17) is 5.11 Å². The number of hydrogen-bond acceptors (Lipinski definition) is 3. The maximum atomic E-state index is 10.7. The number of urea groups is 1. The number of methoxy groups -OCH3 is 1. The van der Waals surface area contributed by atoms with Gasteiger partial charge in [-0.1, -0.05) is 0 Å². The van der Waals surface area contributed by atoms with Crippen molar-refractivity contribution in [2.75, 3.05) is 20.2 Å². The lowest BCUT2D eigenvalue weighted by molar-refractivity contribution is -0.0881. The molecule has 0 spiro atoms. The Labute approximate surface area is 58.6 Å². The summed E-state index contributed by atoms with van der Waals surface area (Å²) in [6.45, 7) is 1.53. The summed E-state index contributed by atoms with van der Waals surface area (Å²) >= 11 is 0. The van der Waals surface area contributed by atoms with Crippen LogP contribution in [0.2, 0.25) is 0 Å².